The van der Waals surface area contributed by atoms with Crippen molar-refractivity contribution < 1.29 is 48.1 Å². The van der Waals surface area contributed by atoms with E-state index >= 15 is 0 Å². The Morgan fingerprint density at radius 1 is 0.704 bits per heavy atom. The van der Waals surface area contributed by atoms with Gasteiger partial charge in [0.05, 0.1) is 0 Å². The second kappa shape index (κ2) is 8.44. The molecular weight excluding hydrogens is 432 g/mol. The third-order valence-electron chi connectivity index (χ3n) is 2.61. The van der Waals surface area contributed by atoms with Crippen molar-refractivity contribution in [3.8, 4) is 0 Å². The maximum absolute atomic E-state index is 13.1. The van der Waals surface area contributed by atoms with Crippen molar-refractivity contribution >= 4 is 21.0 Å². The van der Waals surface area contributed by atoms with Crippen LogP contribution in [-0.2, 0) is 21.0 Å². The van der Waals surface area contributed by atoms with Crippen LogP contribution in [0.15, 0.2) is 58.3 Å². The van der Waals surface area contributed by atoms with E-state index in [0.717, 1.165) is 48.5 Å². The quantitative estimate of drug-likeness (QED) is 0.298. The highest BCUT2D eigenvalue weighted by Crippen LogP contribution is 2.38. The van der Waals surface area contributed by atoms with E-state index in [9.17, 15) is 35.1 Å². The first-order chi connectivity index (χ1) is 12.1. The summed E-state index contributed by atoms with van der Waals surface area (Å²) in [5, 5.41) is 0. The van der Waals surface area contributed by atoms with Crippen molar-refractivity contribution in [1.29, 1.82) is 0 Å². The van der Waals surface area contributed by atoms with Crippen LogP contribution in [0.3, 0.4) is 0 Å². The molecule has 0 bridgehead atoms. The van der Waals surface area contributed by atoms with Crippen LogP contribution in [0.5, 0.6) is 0 Å². The Morgan fingerprint density at radius 3 is 1.15 bits per heavy atom. The van der Waals surface area contributed by atoms with Crippen LogP contribution in [0.1, 0.15) is 0 Å². The van der Waals surface area contributed by atoms with Gasteiger partial charge < -0.3 is 4.55 Å². The van der Waals surface area contributed by atoms with Gasteiger partial charge in [-0.25, -0.2) is 17.2 Å². The predicted octanol–water partition coefficient (Wildman–Crippen LogP) is 4.57. The third kappa shape index (κ3) is 6.99. The number of rotatable bonds is 2. The molecule has 0 aliphatic rings. The normalized spacial score (nSPS) is 12.5. The molecule has 0 aliphatic heterocycles. The molecule has 0 N–H and O–H groups in total. The van der Waals surface area contributed by atoms with Crippen LogP contribution in [0.4, 0.5) is 35.1 Å². The molecule has 2 aromatic rings. The molecule has 0 aliphatic carbocycles. The molecule has 0 spiro atoms. The summed E-state index contributed by atoms with van der Waals surface area (Å²) in [7, 11) is -8.31. The van der Waals surface area contributed by atoms with E-state index in [-0.39, 0.29) is 9.79 Å². The lowest BCUT2D eigenvalue weighted by atomic mass is 10.3. The predicted molar refractivity (Wildman–Crippen MR) is 78.5 cm³/mol. The van der Waals surface area contributed by atoms with Crippen molar-refractivity contribution in [2.45, 2.75) is 20.8 Å². The monoisotopic (exact) mass is 440 g/mol. The summed E-state index contributed by atoms with van der Waals surface area (Å²) in [6.45, 7) is 0. The minimum Gasteiger partial charge on any atom is -0.741 e. The van der Waals surface area contributed by atoms with E-state index in [2.05, 4.69) is 0 Å². The minimum atomic E-state index is -6.09. The first-order valence-electron chi connectivity index (χ1n) is 6.47. The standard InChI is InChI=1S/C13H8F5S.CHF3O3S/c14-9-1-5-11(6-2-9)19(13(16,17)18)12-7-3-10(15)4-8-12;2-1(3,4)8(5,6)7/h1-8H;(H,5,6,7)/q+1;/p-1. The van der Waals surface area contributed by atoms with Crippen molar-refractivity contribution in [2.24, 2.45) is 0 Å². The molecule has 3 nitrogen and oxygen atoms in total. The smallest absolute Gasteiger partial charge is 0.586 e. The van der Waals surface area contributed by atoms with Crippen molar-refractivity contribution in [3.05, 3.63) is 60.2 Å². The third-order valence-corrected chi connectivity index (χ3v) is 5.13. The van der Waals surface area contributed by atoms with Crippen LogP contribution < -0.4 is 0 Å². The highest BCUT2D eigenvalue weighted by molar-refractivity contribution is 7.97. The van der Waals surface area contributed by atoms with Crippen molar-refractivity contribution in [2.75, 3.05) is 0 Å². The average Bonchev–Trinajstić information content (AvgIpc) is 2.49. The molecule has 0 unspecified atom stereocenters. The van der Waals surface area contributed by atoms with Gasteiger partial charge in [-0.2, -0.15) is 13.2 Å². The molecule has 0 heterocycles. The Balaban J connectivity index is 0.000000387. The maximum atomic E-state index is 13.1. The van der Waals surface area contributed by atoms with E-state index in [1.165, 1.54) is 0 Å². The summed E-state index contributed by atoms with van der Waals surface area (Å²) in [4.78, 5) is -0.110. The molecule has 0 fully saturated rings. The number of hydrogen-bond acceptors (Lipinski definition) is 3. The van der Waals surface area contributed by atoms with E-state index in [0.29, 0.717) is 0 Å². The molecular formula is C14H8F8O3S2. The maximum Gasteiger partial charge on any atom is 0.586 e. The van der Waals surface area contributed by atoms with Crippen LogP contribution in [0.2, 0.25) is 0 Å². The van der Waals surface area contributed by atoms with Crippen LogP contribution >= 0.6 is 0 Å². The average molecular weight is 440 g/mol. The Bertz CT molecular complexity index is 798. The van der Waals surface area contributed by atoms with Crippen molar-refractivity contribution in [1.82, 2.24) is 0 Å². The molecule has 0 saturated heterocycles. The van der Waals surface area contributed by atoms with Gasteiger partial charge in [-0.15, -0.1) is 13.2 Å². The summed E-state index contributed by atoms with van der Waals surface area (Å²) in [6.07, 6.45) is 0. The summed E-state index contributed by atoms with van der Waals surface area (Å²) in [5.74, 6) is -1.21. The lowest BCUT2D eigenvalue weighted by Crippen LogP contribution is -2.24. The highest BCUT2D eigenvalue weighted by atomic mass is 32.2. The summed E-state index contributed by atoms with van der Waals surface area (Å²) in [5.41, 5.74) is -10.2. The second-order valence-electron chi connectivity index (χ2n) is 4.56. The highest BCUT2D eigenvalue weighted by Gasteiger charge is 2.54. The Morgan fingerprint density at radius 2 is 0.963 bits per heavy atom. The van der Waals surface area contributed by atoms with Crippen LogP contribution in [-0.4, -0.2) is 24.0 Å². The number of benzene rings is 2. The van der Waals surface area contributed by atoms with Gasteiger partial charge in [0.2, 0.25) is 0 Å². The molecule has 27 heavy (non-hydrogen) atoms. The fourth-order valence-corrected chi connectivity index (χ4v) is 3.17. The zero-order valence-corrected chi connectivity index (χ0v) is 14.3. The number of halogens is 8. The Hall–Kier alpha value is -1.86. The zero-order chi connectivity index (χ0) is 21.0. The molecule has 2 aromatic carbocycles. The molecule has 0 saturated carbocycles. The summed E-state index contributed by atoms with van der Waals surface area (Å²) >= 11 is 0. The van der Waals surface area contributed by atoms with E-state index in [1.807, 2.05) is 0 Å². The van der Waals surface area contributed by atoms with Gasteiger partial charge in [0.15, 0.2) is 30.8 Å². The van der Waals surface area contributed by atoms with E-state index < -0.39 is 43.7 Å². The Labute approximate surface area is 150 Å². The lowest BCUT2D eigenvalue weighted by molar-refractivity contribution is -0.0518. The van der Waals surface area contributed by atoms with Gasteiger partial charge in [0, 0.05) is 0 Å². The van der Waals surface area contributed by atoms with Crippen molar-refractivity contribution in [3.63, 3.8) is 0 Å². The molecule has 13 heteroatoms. The van der Waals surface area contributed by atoms with Gasteiger partial charge in [-0.1, -0.05) is 0 Å². The summed E-state index contributed by atoms with van der Waals surface area (Å²) < 4.78 is 124. The van der Waals surface area contributed by atoms with Crippen LogP contribution in [0.25, 0.3) is 0 Å². The largest absolute Gasteiger partial charge is 0.741 e. The lowest BCUT2D eigenvalue weighted by Gasteiger charge is -2.09. The zero-order valence-electron chi connectivity index (χ0n) is 12.7. The van der Waals surface area contributed by atoms with Gasteiger partial charge in [-0.3, -0.25) is 0 Å². The molecule has 0 amide bonds. The SMILES string of the molecule is Fc1ccc([S+](c2ccc(F)cc2)C(F)(F)F)cc1.O=S(=O)([O-])C(F)(F)F. The fraction of sp³-hybridized carbons (Fsp3) is 0.143. The first-order valence-corrected chi connectivity index (χ1v) is 9.10. The van der Waals surface area contributed by atoms with Gasteiger partial charge >= 0.3 is 11.0 Å². The van der Waals surface area contributed by atoms with Gasteiger partial charge in [0.1, 0.15) is 11.6 Å². The topological polar surface area (TPSA) is 57.2 Å². The molecule has 0 aromatic heterocycles. The van der Waals surface area contributed by atoms with Gasteiger partial charge in [-0.05, 0) is 48.5 Å². The summed E-state index contributed by atoms with van der Waals surface area (Å²) in [6, 6.07) is 8.28. The first kappa shape index (κ1) is 23.2. The molecule has 150 valence electrons. The van der Waals surface area contributed by atoms with E-state index in [4.69, 9.17) is 13.0 Å². The fourth-order valence-electron chi connectivity index (χ4n) is 1.54. The molecule has 2 rings (SSSR count). The van der Waals surface area contributed by atoms with E-state index in [1.54, 1.807) is 0 Å². The number of alkyl halides is 6. The Kier molecular flexibility index (Phi) is 7.24. The molecule has 0 radical (unpaired) electrons. The van der Waals surface area contributed by atoms with Gasteiger partial charge in [0.25, 0.3) is 0 Å². The second-order valence-corrected chi connectivity index (χ2v) is 7.95. The molecule has 0 atom stereocenters. The number of hydrogen-bond donors (Lipinski definition) is 0. The minimum absolute atomic E-state index is 0.0551. The van der Waals surface area contributed by atoms with Crippen LogP contribution in [0, 0.1) is 11.6 Å².